The van der Waals surface area contributed by atoms with Crippen LogP contribution in [0.25, 0.3) is 0 Å². The van der Waals surface area contributed by atoms with Gasteiger partial charge in [-0.3, -0.25) is 0 Å². The van der Waals surface area contributed by atoms with Crippen molar-refractivity contribution in [2.45, 2.75) is 24.7 Å². The predicted octanol–water partition coefficient (Wildman–Crippen LogP) is 1.49. The molecule has 1 atom stereocenters. The first kappa shape index (κ1) is 16.0. The standard InChI is InChI=1S/C15H21N3O2S/c1-12-8-13(9-16)5-6-15(12)21(19,20)18-7-3-4-14(11-18)10-17-2/h5-6,8,14,17H,3-4,7,10-11H2,1-2H3. The molecule has 114 valence electrons. The molecule has 1 heterocycles. The summed E-state index contributed by atoms with van der Waals surface area (Å²) in [6, 6.07) is 6.77. The van der Waals surface area contributed by atoms with Crippen molar-refractivity contribution in [2.75, 3.05) is 26.7 Å². The smallest absolute Gasteiger partial charge is 0.243 e. The molecule has 1 saturated heterocycles. The van der Waals surface area contributed by atoms with E-state index in [0.29, 0.717) is 35.0 Å². The Morgan fingerprint density at radius 2 is 2.24 bits per heavy atom. The van der Waals surface area contributed by atoms with Crippen molar-refractivity contribution >= 4 is 10.0 Å². The zero-order valence-corrected chi connectivity index (χ0v) is 13.3. The van der Waals surface area contributed by atoms with Gasteiger partial charge in [0.25, 0.3) is 0 Å². The van der Waals surface area contributed by atoms with Gasteiger partial charge in [-0.2, -0.15) is 9.57 Å². The number of rotatable bonds is 4. The first-order valence-electron chi connectivity index (χ1n) is 7.14. The molecule has 1 unspecified atom stereocenters. The van der Waals surface area contributed by atoms with E-state index in [4.69, 9.17) is 5.26 Å². The summed E-state index contributed by atoms with van der Waals surface area (Å²) in [4.78, 5) is 0.312. The zero-order chi connectivity index (χ0) is 15.5. The molecule has 1 aromatic carbocycles. The summed E-state index contributed by atoms with van der Waals surface area (Å²) in [6.07, 6.45) is 1.94. The van der Waals surface area contributed by atoms with Crippen LogP contribution in [0.15, 0.2) is 23.1 Å². The van der Waals surface area contributed by atoms with Crippen LogP contribution in [0.1, 0.15) is 24.0 Å². The average molecular weight is 307 g/mol. The van der Waals surface area contributed by atoms with Crippen molar-refractivity contribution in [3.05, 3.63) is 29.3 Å². The molecule has 0 aromatic heterocycles. The molecule has 21 heavy (non-hydrogen) atoms. The number of piperidine rings is 1. The molecule has 1 fully saturated rings. The van der Waals surface area contributed by atoms with Gasteiger partial charge in [0.15, 0.2) is 0 Å². The van der Waals surface area contributed by atoms with Crippen LogP contribution in [0, 0.1) is 24.2 Å². The third kappa shape index (κ3) is 3.43. The Morgan fingerprint density at radius 1 is 1.48 bits per heavy atom. The fourth-order valence-electron chi connectivity index (χ4n) is 2.85. The summed E-state index contributed by atoms with van der Waals surface area (Å²) in [5.74, 6) is 0.359. The molecule has 0 saturated carbocycles. The number of nitrogens with zero attached hydrogens (tertiary/aromatic N) is 2. The van der Waals surface area contributed by atoms with Gasteiger partial charge in [0.1, 0.15) is 0 Å². The third-order valence-electron chi connectivity index (χ3n) is 3.90. The number of sulfonamides is 1. The van der Waals surface area contributed by atoms with Gasteiger partial charge in [-0.15, -0.1) is 0 Å². The molecule has 5 nitrogen and oxygen atoms in total. The lowest BCUT2D eigenvalue weighted by molar-refractivity contribution is 0.263. The molecule has 0 radical (unpaired) electrons. The normalized spacial score (nSPS) is 20.1. The van der Waals surface area contributed by atoms with Crippen LogP contribution in [0.2, 0.25) is 0 Å². The van der Waals surface area contributed by atoms with Crippen molar-refractivity contribution in [3.8, 4) is 6.07 Å². The van der Waals surface area contributed by atoms with Crippen molar-refractivity contribution in [2.24, 2.45) is 5.92 Å². The van der Waals surface area contributed by atoms with Crippen LogP contribution in [0.5, 0.6) is 0 Å². The monoisotopic (exact) mass is 307 g/mol. The van der Waals surface area contributed by atoms with E-state index in [1.165, 1.54) is 0 Å². The van der Waals surface area contributed by atoms with Gasteiger partial charge >= 0.3 is 0 Å². The molecular weight excluding hydrogens is 286 g/mol. The van der Waals surface area contributed by atoms with Gasteiger partial charge in [-0.25, -0.2) is 8.42 Å². The summed E-state index contributed by atoms with van der Waals surface area (Å²) in [5, 5.41) is 12.0. The Balaban J connectivity index is 2.27. The van der Waals surface area contributed by atoms with Crippen LogP contribution >= 0.6 is 0 Å². The largest absolute Gasteiger partial charge is 0.319 e. The third-order valence-corrected chi connectivity index (χ3v) is 5.92. The summed E-state index contributed by atoms with van der Waals surface area (Å²) >= 11 is 0. The van der Waals surface area contributed by atoms with Crippen LogP contribution in [0.4, 0.5) is 0 Å². The first-order chi connectivity index (χ1) is 9.98. The lowest BCUT2D eigenvalue weighted by atomic mass is 10.00. The minimum Gasteiger partial charge on any atom is -0.319 e. The van der Waals surface area contributed by atoms with E-state index in [0.717, 1.165) is 19.4 Å². The predicted molar refractivity (Wildman–Crippen MR) is 81.3 cm³/mol. The van der Waals surface area contributed by atoms with E-state index in [-0.39, 0.29) is 0 Å². The maximum atomic E-state index is 12.8. The van der Waals surface area contributed by atoms with Gasteiger partial charge in [-0.05, 0) is 63.0 Å². The average Bonchev–Trinajstić information content (AvgIpc) is 2.47. The van der Waals surface area contributed by atoms with E-state index in [1.807, 2.05) is 13.1 Å². The highest BCUT2D eigenvalue weighted by Gasteiger charge is 2.30. The number of benzene rings is 1. The van der Waals surface area contributed by atoms with Crippen LogP contribution in [-0.2, 0) is 10.0 Å². The van der Waals surface area contributed by atoms with Crippen LogP contribution < -0.4 is 5.32 Å². The minimum absolute atomic E-state index is 0.312. The molecule has 0 amide bonds. The Morgan fingerprint density at radius 3 is 2.86 bits per heavy atom. The van der Waals surface area contributed by atoms with E-state index >= 15 is 0 Å². The SMILES string of the molecule is CNCC1CCCN(S(=O)(=O)c2ccc(C#N)cc2C)C1. The molecule has 1 aliphatic heterocycles. The number of nitriles is 1. The second-order valence-electron chi connectivity index (χ2n) is 5.52. The fraction of sp³-hybridized carbons (Fsp3) is 0.533. The van der Waals surface area contributed by atoms with Gasteiger partial charge in [0.05, 0.1) is 16.5 Å². The highest BCUT2D eigenvalue weighted by molar-refractivity contribution is 7.89. The number of nitrogens with one attached hydrogen (secondary N) is 1. The lowest BCUT2D eigenvalue weighted by Gasteiger charge is -2.32. The quantitative estimate of drug-likeness (QED) is 0.914. The summed E-state index contributed by atoms with van der Waals surface area (Å²) in [5.41, 5.74) is 1.11. The van der Waals surface area contributed by atoms with Crippen LogP contribution in [0.3, 0.4) is 0 Å². The summed E-state index contributed by atoms with van der Waals surface area (Å²) in [6.45, 7) is 3.70. The molecule has 1 aliphatic rings. The van der Waals surface area contributed by atoms with Crippen molar-refractivity contribution in [3.63, 3.8) is 0 Å². The van der Waals surface area contributed by atoms with Crippen molar-refractivity contribution in [1.82, 2.24) is 9.62 Å². The molecular formula is C15H21N3O2S. The van der Waals surface area contributed by atoms with Gasteiger partial charge < -0.3 is 5.32 Å². The molecule has 0 spiro atoms. The molecule has 0 bridgehead atoms. The molecule has 0 aliphatic carbocycles. The first-order valence-corrected chi connectivity index (χ1v) is 8.58. The fourth-order valence-corrected chi connectivity index (χ4v) is 4.61. The molecule has 2 rings (SSSR count). The van der Waals surface area contributed by atoms with E-state index in [9.17, 15) is 8.42 Å². The number of hydrogen-bond donors (Lipinski definition) is 1. The van der Waals surface area contributed by atoms with Gasteiger partial charge in [0.2, 0.25) is 10.0 Å². The molecule has 1 aromatic rings. The zero-order valence-electron chi connectivity index (χ0n) is 12.5. The minimum atomic E-state index is -3.47. The van der Waals surface area contributed by atoms with Crippen molar-refractivity contribution in [1.29, 1.82) is 5.26 Å². The maximum absolute atomic E-state index is 12.8. The maximum Gasteiger partial charge on any atom is 0.243 e. The van der Waals surface area contributed by atoms with E-state index < -0.39 is 10.0 Å². The Kier molecular flexibility index (Phi) is 4.99. The number of hydrogen-bond acceptors (Lipinski definition) is 4. The van der Waals surface area contributed by atoms with E-state index in [1.54, 1.807) is 29.4 Å². The second kappa shape index (κ2) is 6.56. The number of aryl methyl sites for hydroxylation is 1. The Labute approximate surface area is 126 Å². The summed E-state index contributed by atoms with van der Waals surface area (Å²) in [7, 11) is -1.59. The van der Waals surface area contributed by atoms with E-state index in [2.05, 4.69) is 5.32 Å². The Hall–Kier alpha value is -1.42. The molecule has 6 heteroatoms. The highest BCUT2D eigenvalue weighted by Crippen LogP contribution is 2.25. The Bertz CT molecular complexity index is 647. The topological polar surface area (TPSA) is 73.2 Å². The molecule has 1 N–H and O–H groups in total. The second-order valence-corrected chi connectivity index (χ2v) is 7.43. The summed E-state index contributed by atoms with van der Waals surface area (Å²) < 4.78 is 27.1. The van der Waals surface area contributed by atoms with Crippen LogP contribution in [-0.4, -0.2) is 39.4 Å². The highest BCUT2D eigenvalue weighted by atomic mass is 32.2. The van der Waals surface area contributed by atoms with Gasteiger partial charge in [-0.1, -0.05) is 0 Å². The lowest BCUT2D eigenvalue weighted by Crippen LogP contribution is -2.42. The van der Waals surface area contributed by atoms with Gasteiger partial charge in [0, 0.05) is 13.1 Å². The van der Waals surface area contributed by atoms with Crippen molar-refractivity contribution < 1.29 is 8.42 Å².